The molecule has 3 N–H and O–H groups in total. The lowest BCUT2D eigenvalue weighted by atomic mass is 10.2. The number of carboxylic acid groups (broad SMARTS) is 1. The van der Waals surface area contributed by atoms with E-state index in [2.05, 4.69) is 26.6 Å². The van der Waals surface area contributed by atoms with Crippen molar-refractivity contribution in [3.8, 4) is 0 Å². The number of nitrogens with one attached hydrogen (secondary N) is 2. The number of halogens is 1. The van der Waals surface area contributed by atoms with E-state index in [1.54, 1.807) is 19.2 Å². The first-order chi connectivity index (χ1) is 10.0. The molecule has 2 amide bonds. The molecule has 0 aromatic heterocycles. The molecule has 0 heterocycles. The SMILES string of the molecule is COC1CCCC1NC(=O)Nc1cc(Br)ccc1C(=O)O. The minimum atomic E-state index is -1.09. The van der Waals surface area contributed by atoms with Crippen molar-refractivity contribution in [3.05, 3.63) is 28.2 Å². The topological polar surface area (TPSA) is 87.7 Å². The van der Waals surface area contributed by atoms with Gasteiger partial charge in [0.1, 0.15) is 0 Å². The third kappa shape index (κ3) is 3.95. The highest BCUT2D eigenvalue weighted by Gasteiger charge is 2.28. The van der Waals surface area contributed by atoms with E-state index in [4.69, 9.17) is 9.84 Å². The van der Waals surface area contributed by atoms with E-state index in [9.17, 15) is 9.59 Å². The van der Waals surface area contributed by atoms with Crippen LogP contribution in [0.1, 0.15) is 29.6 Å². The first-order valence-electron chi connectivity index (χ1n) is 6.64. The zero-order valence-electron chi connectivity index (χ0n) is 11.6. The number of aromatic carboxylic acids is 1. The zero-order valence-corrected chi connectivity index (χ0v) is 13.1. The van der Waals surface area contributed by atoms with Gasteiger partial charge in [0.05, 0.1) is 23.4 Å². The van der Waals surface area contributed by atoms with Crippen LogP contribution in [0.3, 0.4) is 0 Å². The summed E-state index contributed by atoms with van der Waals surface area (Å²) in [6.07, 6.45) is 2.78. The van der Waals surface area contributed by atoms with Gasteiger partial charge in [0.15, 0.2) is 0 Å². The number of ether oxygens (including phenoxy) is 1. The van der Waals surface area contributed by atoms with E-state index in [0.29, 0.717) is 4.47 Å². The molecule has 1 fully saturated rings. The first-order valence-corrected chi connectivity index (χ1v) is 7.43. The van der Waals surface area contributed by atoms with Crippen LogP contribution in [-0.2, 0) is 4.74 Å². The average molecular weight is 357 g/mol. The summed E-state index contributed by atoms with van der Waals surface area (Å²) < 4.78 is 6.00. The molecule has 1 aromatic carbocycles. The Bertz CT molecular complexity index is 550. The summed E-state index contributed by atoms with van der Waals surface area (Å²) in [7, 11) is 1.62. The van der Waals surface area contributed by atoms with E-state index >= 15 is 0 Å². The van der Waals surface area contributed by atoms with Crippen molar-refractivity contribution in [2.24, 2.45) is 0 Å². The number of carbonyl (C=O) groups is 2. The summed E-state index contributed by atoms with van der Waals surface area (Å²) in [4.78, 5) is 23.2. The molecule has 1 aromatic rings. The van der Waals surface area contributed by atoms with Gasteiger partial charge in [-0.3, -0.25) is 0 Å². The van der Waals surface area contributed by atoms with Crippen LogP contribution in [0.15, 0.2) is 22.7 Å². The van der Waals surface area contributed by atoms with Crippen LogP contribution in [0.4, 0.5) is 10.5 Å². The molecule has 2 atom stereocenters. The van der Waals surface area contributed by atoms with E-state index in [-0.39, 0.29) is 23.4 Å². The molecule has 0 bridgehead atoms. The molecule has 2 rings (SSSR count). The van der Waals surface area contributed by atoms with Gasteiger partial charge in [-0.1, -0.05) is 15.9 Å². The third-order valence-corrected chi connectivity index (χ3v) is 4.03. The van der Waals surface area contributed by atoms with Crippen LogP contribution in [0.25, 0.3) is 0 Å². The summed E-state index contributed by atoms with van der Waals surface area (Å²) in [5.41, 5.74) is 0.296. The van der Waals surface area contributed by atoms with Gasteiger partial charge in [0.25, 0.3) is 0 Å². The molecule has 114 valence electrons. The van der Waals surface area contributed by atoms with Gasteiger partial charge >= 0.3 is 12.0 Å². The van der Waals surface area contributed by atoms with Crippen molar-refractivity contribution < 1.29 is 19.4 Å². The molecule has 0 aliphatic heterocycles. The predicted molar refractivity (Wildman–Crippen MR) is 81.7 cm³/mol. The Morgan fingerprint density at radius 1 is 1.38 bits per heavy atom. The Labute approximate surface area is 131 Å². The van der Waals surface area contributed by atoms with Gasteiger partial charge in [-0.2, -0.15) is 0 Å². The van der Waals surface area contributed by atoms with Crippen molar-refractivity contribution in [2.75, 3.05) is 12.4 Å². The number of methoxy groups -OCH3 is 1. The number of hydrogen-bond donors (Lipinski definition) is 3. The number of carboxylic acids is 1. The normalized spacial score (nSPS) is 21.0. The maximum Gasteiger partial charge on any atom is 0.337 e. The van der Waals surface area contributed by atoms with Crippen LogP contribution in [0.5, 0.6) is 0 Å². The fraction of sp³-hybridized carbons (Fsp3) is 0.429. The van der Waals surface area contributed by atoms with Crippen molar-refractivity contribution in [2.45, 2.75) is 31.4 Å². The lowest BCUT2D eigenvalue weighted by Crippen LogP contribution is -2.43. The van der Waals surface area contributed by atoms with Gasteiger partial charge in [-0.15, -0.1) is 0 Å². The van der Waals surface area contributed by atoms with Crippen LogP contribution < -0.4 is 10.6 Å². The summed E-state index contributed by atoms with van der Waals surface area (Å²) >= 11 is 3.26. The average Bonchev–Trinajstić information content (AvgIpc) is 2.85. The number of rotatable bonds is 4. The molecule has 1 aliphatic carbocycles. The highest BCUT2D eigenvalue weighted by Crippen LogP contribution is 2.23. The fourth-order valence-corrected chi connectivity index (χ4v) is 2.87. The van der Waals surface area contributed by atoms with Crippen molar-refractivity contribution >= 4 is 33.6 Å². The Kier molecular flexibility index (Phi) is 5.19. The molecule has 0 radical (unpaired) electrons. The van der Waals surface area contributed by atoms with Gasteiger partial charge in [0.2, 0.25) is 0 Å². The fourth-order valence-electron chi connectivity index (χ4n) is 2.51. The summed E-state index contributed by atoms with van der Waals surface area (Å²) in [5.74, 6) is -1.09. The van der Waals surface area contributed by atoms with Crippen molar-refractivity contribution in [3.63, 3.8) is 0 Å². The van der Waals surface area contributed by atoms with E-state index in [0.717, 1.165) is 19.3 Å². The zero-order chi connectivity index (χ0) is 15.4. The minimum Gasteiger partial charge on any atom is -0.478 e. The quantitative estimate of drug-likeness (QED) is 0.773. The lowest BCUT2D eigenvalue weighted by molar-refractivity contribution is 0.0698. The smallest absolute Gasteiger partial charge is 0.337 e. The molecule has 1 aliphatic rings. The van der Waals surface area contributed by atoms with Gasteiger partial charge in [0, 0.05) is 11.6 Å². The predicted octanol–water partition coefficient (Wildman–Crippen LogP) is 2.84. The van der Waals surface area contributed by atoms with E-state index in [1.165, 1.54) is 6.07 Å². The number of carbonyl (C=O) groups excluding carboxylic acids is 1. The maximum atomic E-state index is 12.0. The Morgan fingerprint density at radius 3 is 2.81 bits per heavy atom. The third-order valence-electron chi connectivity index (χ3n) is 3.53. The molecule has 0 spiro atoms. The van der Waals surface area contributed by atoms with Crippen molar-refractivity contribution in [1.29, 1.82) is 0 Å². The number of hydrogen-bond acceptors (Lipinski definition) is 3. The molecule has 6 nitrogen and oxygen atoms in total. The minimum absolute atomic E-state index is 0.0113. The first kappa shape index (κ1) is 15.8. The molecule has 7 heteroatoms. The van der Waals surface area contributed by atoms with Crippen LogP contribution in [0, 0.1) is 0 Å². The Morgan fingerprint density at radius 2 is 2.14 bits per heavy atom. The highest BCUT2D eigenvalue weighted by atomic mass is 79.9. The Balaban J connectivity index is 2.06. The Hall–Kier alpha value is -1.60. The molecule has 0 saturated heterocycles. The second-order valence-electron chi connectivity index (χ2n) is 4.91. The number of amides is 2. The van der Waals surface area contributed by atoms with Crippen LogP contribution in [-0.4, -0.2) is 36.4 Å². The molecular weight excluding hydrogens is 340 g/mol. The van der Waals surface area contributed by atoms with E-state index in [1.807, 2.05) is 0 Å². The highest BCUT2D eigenvalue weighted by molar-refractivity contribution is 9.10. The van der Waals surface area contributed by atoms with Crippen LogP contribution >= 0.6 is 15.9 Å². The van der Waals surface area contributed by atoms with Crippen LogP contribution in [0.2, 0.25) is 0 Å². The summed E-state index contributed by atoms with van der Waals surface area (Å²) in [6.45, 7) is 0. The monoisotopic (exact) mass is 356 g/mol. The molecule has 2 unspecified atom stereocenters. The number of urea groups is 1. The van der Waals surface area contributed by atoms with Gasteiger partial charge in [-0.25, -0.2) is 9.59 Å². The molecular formula is C14H17BrN2O4. The second-order valence-corrected chi connectivity index (χ2v) is 5.82. The van der Waals surface area contributed by atoms with Gasteiger partial charge < -0.3 is 20.5 Å². The lowest BCUT2D eigenvalue weighted by Gasteiger charge is -2.20. The number of benzene rings is 1. The van der Waals surface area contributed by atoms with Gasteiger partial charge in [-0.05, 0) is 37.5 Å². The largest absolute Gasteiger partial charge is 0.478 e. The standard InChI is InChI=1S/C14H17BrN2O4/c1-21-12-4-2-3-10(12)16-14(20)17-11-7-8(15)5-6-9(11)13(18)19/h5-7,10,12H,2-4H2,1H3,(H,18,19)(H2,16,17,20). The van der Waals surface area contributed by atoms with E-state index < -0.39 is 12.0 Å². The summed E-state index contributed by atoms with van der Waals surface area (Å²) in [6, 6.07) is 4.14. The molecule has 21 heavy (non-hydrogen) atoms. The molecule has 1 saturated carbocycles. The summed E-state index contributed by atoms with van der Waals surface area (Å²) in [5, 5.41) is 14.5. The number of anilines is 1. The second kappa shape index (κ2) is 6.91. The maximum absolute atomic E-state index is 12.0. The van der Waals surface area contributed by atoms with Crippen molar-refractivity contribution in [1.82, 2.24) is 5.32 Å².